The van der Waals surface area contributed by atoms with Crippen molar-refractivity contribution in [2.24, 2.45) is 11.8 Å². The zero-order valence-electron chi connectivity index (χ0n) is 27.0. The van der Waals surface area contributed by atoms with Crippen molar-refractivity contribution >= 4 is 35.7 Å². The molecule has 0 saturated carbocycles. The van der Waals surface area contributed by atoms with Gasteiger partial charge in [0.25, 0.3) is 5.91 Å². The van der Waals surface area contributed by atoms with Crippen LogP contribution < -0.4 is 0 Å². The van der Waals surface area contributed by atoms with Crippen molar-refractivity contribution in [2.45, 2.75) is 104 Å². The van der Waals surface area contributed by atoms with Gasteiger partial charge in [0.05, 0.1) is 29.3 Å². The lowest BCUT2D eigenvalue weighted by molar-refractivity contribution is -0.344. The Labute approximate surface area is 270 Å². The molecule has 5 rings (SSSR count). The Morgan fingerprint density at radius 3 is 2.19 bits per heavy atom. The zero-order chi connectivity index (χ0) is 34.2. The maximum absolute atomic E-state index is 13.7. The maximum Gasteiger partial charge on any atom is 0.303 e. The fourth-order valence-corrected chi connectivity index (χ4v) is 6.90. The van der Waals surface area contributed by atoms with E-state index < -0.39 is 73.4 Å². The zero-order valence-corrected chi connectivity index (χ0v) is 27.0. The second kappa shape index (κ2) is 13.8. The summed E-state index contributed by atoms with van der Waals surface area (Å²) < 4.78 is 41.6. The van der Waals surface area contributed by atoms with Gasteiger partial charge in [0.2, 0.25) is 18.5 Å². The van der Waals surface area contributed by atoms with Gasteiger partial charge in [0.15, 0.2) is 18.3 Å². The quantitative estimate of drug-likeness (QED) is 0.287. The topological polar surface area (TPSA) is 188 Å². The first-order valence-electron chi connectivity index (χ1n) is 15.5. The summed E-state index contributed by atoms with van der Waals surface area (Å²) in [5.41, 5.74) is 1.94. The fraction of sp³-hybridized carbons (Fsp3) is 0.645. The molecule has 1 aromatic heterocycles. The van der Waals surface area contributed by atoms with Crippen LogP contribution in [-0.4, -0.2) is 100 Å². The van der Waals surface area contributed by atoms with Crippen LogP contribution in [0.3, 0.4) is 0 Å². The second-order valence-corrected chi connectivity index (χ2v) is 11.9. The molecule has 16 nitrogen and oxygen atoms in total. The van der Waals surface area contributed by atoms with Crippen molar-refractivity contribution in [2.75, 3.05) is 13.2 Å². The monoisotopic (exact) mass is 661 g/mol. The number of hydrogen-bond acceptors (Lipinski definition) is 14. The average Bonchev–Trinajstić information content (AvgIpc) is 3.44. The third kappa shape index (κ3) is 6.88. The van der Waals surface area contributed by atoms with Gasteiger partial charge in [0, 0.05) is 59.4 Å². The van der Waals surface area contributed by atoms with E-state index in [2.05, 4.69) is 4.98 Å². The molecule has 4 aliphatic heterocycles. The number of esters is 4. The van der Waals surface area contributed by atoms with Crippen molar-refractivity contribution in [1.82, 2.24) is 14.5 Å². The van der Waals surface area contributed by atoms with Crippen molar-refractivity contribution in [3.05, 3.63) is 29.6 Å². The molecule has 47 heavy (non-hydrogen) atoms. The molecule has 2 saturated heterocycles. The molecule has 0 N–H and O–H groups in total. The summed E-state index contributed by atoms with van der Waals surface area (Å²) in [5, 5.41) is 0. The van der Waals surface area contributed by atoms with Gasteiger partial charge in [-0.05, 0) is 12.8 Å². The number of amides is 1. The summed E-state index contributed by atoms with van der Waals surface area (Å²) in [5.74, 6) is -4.04. The van der Waals surface area contributed by atoms with E-state index >= 15 is 0 Å². The van der Waals surface area contributed by atoms with E-state index in [4.69, 9.17) is 33.2 Å². The molecule has 5 heterocycles. The number of ether oxygens (including phenoxy) is 7. The summed E-state index contributed by atoms with van der Waals surface area (Å²) in [4.78, 5) is 80.4. The third-order valence-corrected chi connectivity index (χ3v) is 8.79. The molecule has 16 heteroatoms. The Morgan fingerprint density at radius 2 is 1.57 bits per heavy atom. The molecule has 0 aromatic carbocycles. The summed E-state index contributed by atoms with van der Waals surface area (Å²) in [6.07, 6.45) is -3.53. The minimum absolute atomic E-state index is 0.161. The van der Waals surface area contributed by atoms with Crippen LogP contribution in [0.5, 0.6) is 0 Å². The van der Waals surface area contributed by atoms with Crippen LogP contribution in [0, 0.1) is 11.8 Å². The first-order chi connectivity index (χ1) is 22.3. The van der Waals surface area contributed by atoms with E-state index in [-0.39, 0.29) is 23.8 Å². The number of aromatic nitrogens is 2. The molecule has 1 aromatic rings. The molecule has 0 aliphatic carbocycles. The van der Waals surface area contributed by atoms with Gasteiger partial charge < -0.3 is 38.1 Å². The summed E-state index contributed by atoms with van der Waals surface area (Å²) in [6, 6.07) is -0.368. The van der Waals surface area contributed by atoms with E-state index in [1.54, 1.807) is 4.90 Å². The lowest BCUT2D eigenvalue weighted by atomic mass is 9.73. The van der Waals surface area contributed by atoms with Crippen LogP contribution in [0.25, 0.3) is 0 Å². The van der Waals surface area contributed by atoms with E-state index in [0.717, 1.165) is 26.5 Å². The number of hydrogen-bond donors (Lipinski definition) is 0. The van der Waals surface area contributed by atoms with Crippen LogP contribution in [-0.2, 0) is 63.6 Å². The van der Waals surface area contributed by atoms with Crippen molar-refractivity contribution in [3.8, 4) is 0 Å². The first-order valence-corrected chi connectivity index (χ1v) is 15.5. The van der Waals surface area contributed by atoms with E-state index in [0.29, 0.717) is 37.1 Å². The van der Waals surface area contributed by atoms with Crippen molar-refractivity contribution < 1.29 is 61.9 Å². The van der Waals surface area contributed by atoms with Crippen LogP contribution in [0.2, 0.25) is 0 Å². The number of piperidine rings is 1. The number of nitrogens with zero attached hydrogens (tertiary/aromatic N) is 3. The lowest BCUT2D eigenvalue weighted by Crippen LogP contribution is -2.63. The van der Waals surface area contributed by atoms with Crippen LogP contribution >= 0.6 is 0 Å². The van der Waals surface area contributed by atoms with Gasteiger partial charge in [-0.2, -0.15) is 0 Å². The Hall–Kier alpha value is -4.31. The molecule has 0 spiro atoms. The van der Waals surface area contributed by atoms with Gasteiger partial charge in [0.1, 0.15) is 19.0 Å². The van der Waals surface area contributed by atoms with Crippen LogP contribution in [0.1, 0.15) is 76.6 Å². The Bertz CT molecular complexity index is 1470. The molecule has 0 bridgehead atoms. The number of carbonyl (C=O) groups is 6. The predicted octanol–water partition coefficient (Wildman–Crippen LogP) is 1.36. The highest BCUT2D eigenvalue weighted by molar-refractivity contribution is 5.95. The third-order valence-electron chi connectivity index (χ3n) is 8.79. The minimum atomic E-state index is -1.45. The highest BCUT2D eigenvalue weighted by atomic mass is 16.8. The van der Waals surface area contributed by atoms with Crippen molar-refractivity contribution in [3.63, 3.8) is 0 Å². The second-order valence-electron chi connectivity index (χ2n) is 11.9. The highest BCUT2D eigenvalue weighted by Gasteiger charge is 2.55. The van der Waals surface area contributed by atoms with Crippen LogP contribution in [0.4, 0.5) is 0 Å². The van der Waals surface area contributed by atoms with E-state index in [1.807, 2.05) is 6.92 Å². The van der Waals surface area contributed by atoms with Gasteiger partial charge in [-0.1, -0.05) is 6.92 Å². The number of carbonyl (C=O) groups excluding carboxylic acids is 6. The van der Waals surface area contributed by atoms with Gasteiger partial charge >= 0.3 is 23.9 Å². The van der Waals surface area contributed by atoms with Crippen molar-refractivity contribution in [1.29, 1.82) is 0 Å². The largest absolute Gasteiger partial charge is 0.472 e. The molecule has 256 valence electrons. The Kier molecular flexibility index (Phi) is 10.0. The average molecular weight is 662 g/mol. The van der Waals surface area contributed by atoms with E-state index in [1.165, 1.54) is 31.0 Å². The predicted molar refractivity (Wildman–Crippen MR) is 155 cm³/mol. The minimum Gasteiger partial charge on any atom is -0.472 e. The molecule has 1 amide bonds. The molecular formula is C31H39N3O13. The first kappa shape index (κ1) is 34.0. The molecular weight excluding hydrogens is 622 g/mol. The Balaban J connectivity index is 1.46. The fourth-order valence-electron chi connectivity index (χ4n) is 6.90. The maximum atomic E-state index is 13.7. The Morgan fingerprint density at radius 1 is 0.915 bits per heavy atom. The highest BCUT2D eigenvalue weighted by Crippen LogP contribution is 2.48. The number of rotatable bonds is 8. The van der Waals surface area contributed by atoms with Gasteiger partial charge in [-0.25, -0.2) is 4.98 Å². The normalized spacial score (nSPS) is 31.2. The van der Waals surface area contributed by atoms with E-state index in [9.17, 15) is 28.8 Å². The standard InChI is InChI=1S/C31H39N3O13/c1-7-19-20-10-23-25-22(34(13-32-25)14(2)35)8-9-33(23)29(40)21(20)11-42-30(19)47-31-28(45-18(6)39)27(44-17(5)38)26(43-16(4)37)24(46-31)12-41-15(3)36/h11,13,19-20,23-24,26-28,30-31H,7-10,12H2,1-6H3/t19-,20?,23?,24?,26?,27?,28?,30+,31?/m1/s1. The SMILES string of the molecule is CC[C@@H]1C2CC3c4ncn(C(C)=O)c4CCN3C(=O)C2=CO[C@H]1OC1OC(COC(C)=O)C(OC(C)=O)C(OC(C)=O)C1OC(C)=O. The smallest absolute Gasteiger partial charge is 0.303 e. The lowest BCUT2D eigenvalue weighted by Gasteiger charge is -2.49. The molecule has 2 fully saturated rings. The van der Waals surface area contributed by atoms with Gasteiger partial charge in [-0.15, -0.1) is 0 Å². The summed E-state index contributed by atoms with van der Waals surface area (Å²) in [7, 11) is 0. The summed E-state index contributed by atoms with van der Waals surface area (Å²) >= 11 is 0. The molecule has 7 unspecified atom stereocenters. The summed E-state index contributed by atoms with van der Waals surface area (Å²) in [6.45, 7) is 7.97. The number of imidazole rings is 1. The van der Waals surface area contributed by atoms with Gasteiger partial charge in [-0.3, -0.25) is 33.3 Å². The van der Waals surface area contributed by atoms with Crippen LogP contribution in [0.15, 0.2) is 18.2 Å². The molecule has 4 aliphatic rings. The molecule has 0 radical (unpaired) electrons. The number of fused-ring (bicyclic) bond motifs is 4. The molecule has 9 atom stereocenters.